The van der Waals surface area contributed by atoms with Crippen LogP contribution in [0, 0.1) is 5.92 Å². The Bertz CT molecular complexity index is 1000. The molecule has 2 aromatic rings. The van der Waals surface area contributed by atoms with Crippen LogP contribution >= 0.6 is 23.2 Å². The normalized spacial score (nSPS) is 14.7. The third kappa shape index (κ3) is 6.82. The van der Waals surface area contributed by atoms with Crippen molar-refractivity contribution in [1.29, 1.82) is 0 Å². The van der Waals surface area contributed by atoms with Crippen LogP contribution in [0.2, 0.25) is 10.0 Å². The number of aliphatic hydroxyl groups is 1. The van der Waals surface area contributed by atoms with E-state index in [0.717, 1.165) is 36.0 Å². The zero-order valence-corrected chi connectivity index (χ0v) is 20.5. The summed E-state index contributed by atoms with van der Waals surface area (Å²) in [5.41, 5.74) is 2.12. The smallest absolute Gasteiger partial charge is 0.360 e. The molecular weight excluding hydrogens is 481 g/mol. The molecule has 2 heterocycles. The minimum atomic E-state index is -1.22. The summed E-state index contributed by atoms with van der Waals surface area (Å²) in [7, 11) is 0. The number of anilines is 1. The van der Waals surface area contributed by atoms with Crippen molar-refractivity contribution in [3.05, 3.63) is 57.2 Å². The van der Waals surface area contributed by atoms with Gasteiger partial charge in [0, 0.05) is 25.4 Å². The van der Waals surface area contributed by atoms with E-state index in [1.54, 1.807) is 6.07 Å². The molecule has 0 fully saturated rings. The number of aromatic nitrogens is 1. The molecular formula is C24H29Cl2N3O5. The summed E-state index contributed by atoms with van der Waals surface area (Å²) in [5.74, 6) is -1.17. The van der Waals surface area contributed by atoms with Crippen LogP contribution in [-0.4, -0.2) is 57.9 Å². The van der Waals surface area contributed by atoms with Crippen LogP contribution in [0.15, 0.2) is 30.3 Å². The number of benzene rings is 1. The first-order chi connectivity index (χ1) is 16.3. The maximum atomic E-state index is 12.8. The van der Waals surface area contributed by atoms with Gasteiger partial charge in [0.1, 0.15) is 11.9 Å². The Labute approximate surface area is 208 Å². The zero-order valence-electron chi connectivity index (χ0n) is 19.0. The number of hydroxylamine groups is 2. The summed E-state index contributed by atoms with van der Waals surface area (Å²) < 4.78 is 0. The fourth-order valence-corrected chi connectivity index (χ4v) is 4.44. The summed E-state index contributed by atoms with van der Waals surface area (Å²) in [6.07, 6.45) is 3.38. The summed E-state index contributed by atoms with van der Waals surface area (Å²) in [6, 6.07) is 7.49. The Kier molecular flexibility index (Phi) is 9.53. The fourth-order valence-electron chi connectivity index (χ4n) is 3.89. The fraction of sp³-hybridized carbons (Fsp3) is 0.458. The molecule has 0 saturated carbocycles. The number of rotatable bonds is 11. The van der Waals surface area contributed by atoms with Crippen molar-refractivity contribution in [2.75, 3.05) is 25.0 Å². The largest absolute Gasteiger partial charge is 0.480 e. The van der Waals surface area contributed by atoms with Crippen LogP contribution in [0.4, 0.5) is 5.82 Å². The van der Waals surface area contributed by atoms with Crippen molar-refractivity contribution in [2.45, 2.75) is 45.1 Å². The molecule has 2 atom stereocenters. The molecule has 1 aliphatic rings. The standard InChI is InChI=1S/C24H29Cl2N3O5/c1-15(7-9-17-10-8-16-4-3-12-27-22(16)28-17)14-29(20(11-13-30)23(31)32)34-24(33)21-18(25)5-2-6-19(21)26/h2,5-6,8,10,15,20,30H,3-4,7,9,11-14H2,1H3,(H,27,28)(H,31,32)/t15?,20-/m0/s1. The molecule has 3 N–H and O–H groups in total. The number of aliphatic carboxylic acids is 1. The molecule has 34 heavy (non-hydrogen) atoms. The van der Waals surface area contributed by atoms with Crippen molar-refractivity contribution in [3.63, 3.8) is 0 Å². The summed E-state index contributed by atoms with van der Waals surface area (Å²) in [4.78, 5) is 34.9. The van der Waals surface area contributed by atoms with Gasteiger partial charge >= 0.3 is 11.9 Å². The van der Waals surface area contributed by atoms with Crippen LogP contribution < -0.4 is 5.32 Å². The molecule has 1 unspecified atom stereocenters. The van der Waals surface area contributed by atoms with E-state index in [0.29, 0.717) is 12.8 Å². The molecule has 0 spiro atoms. The number of nitrogens with zero attached hydrogens (tertiary/aromatic N) is 2. The van der Waals surface area contributed by atoms with Gasteiger partial charge in [-0.25, -0.2) is 9.78 Å². The molecule has 8 nitrogen and oxygen atoms in total. The van der Waals surface area contributed by atoms with Gasteiger partial charge < -0.3 is 20.4 Å². The van der Waals surface area contributed by atoms with Crippen molar-refractivity contribution in [1.82, 2.24) is 10.0 Å². The van der Waals surface area contributed by atoms with Crippen LogP contribution in [-0.2, 0) is 22.5 Å². The Morgan fingerprint density at radius 3 is 2.62 bits per heavy atom. The van der Waals surface area contributed by atoms with Gasteiger partial charge in [-0.1, -0.05) is 42.3 Å². The average molecular weight is 510 g/mol. The van der Waals surface area contributed by atoms with E-state index in [4.69, 9.17) is 33.0 Å². The maximum Gasteiger partial charge on any atom is 0.360 e. The van der Waals surface area contributed by atoms with Crippen molar-refractivity contribution < 1.29 is 24.6 Å². The van der Waals surface area contributed by atoms with Crippen molar-refractivity contribution >= 4 is 41.0 Å². The van der Waals surface area contributed by atoms with Gasteiger partial charge in [0.05, 0.1) is 15.6 Å². The number of aryl methyl sites for hydroxylation is 2. The van der Waals surface area contributed by atoms with E-state index in [1.165, 1.54) is 17.7 Å². The number of carbonyl (C=O) groups excluding carboxylic acids is 1. The molecule has 0 radical (unpaired) electrons. The second-order valence-electron chi connectivity index (χ2n) is 8.43. The first-order valence-corrected chi connectivity index (χ1v) is 12.0. The highest BCUT2D eigenvalue weighted by Crippen LogP contribution is 2.26. The number of carboxylic acids is 1. The molecule has 10 heteroatoms. The third-order valence-electron chi connectivity index (χ3n) is 5.74. The Balaban J connectivity index is 1.70. The van der Waals surface area contributed by atoms with Gasteiger partial charge in [0.2, 0.25) is 0 Å². The second kappa shape index (κ2) is 12.4. The van der Waals surface area contributed by atoms with E-state index >= 15 is 0 Å². The van der Waals surface area contributed by atoms with Crippen LogP contribution in [0.1, 0.15) is 47.8 Å². The molecule has 184 valence electrons. The molecule has 0 bridgehead atoms. The third-order valence-corrected chi connectivity index (χ3v) is 6.37. The molecule has 0 saturated heterocycles. The highest BCUT2D eigenvalue weighted by atomic mass is 35.5. The number of carbonyl (C=O) groups is 2. The quantitative estimate of drug-likeness (QED) is 0.386. The molecule has 1 aliphatic heterocycles. The monoisotopic (exact) mass is 509 g/mol. The van der Waals surface area contributed by atoms with Crippen molar-refractivity contribution in [3.8, 4) is 0 Å². The summed E-state index contributed by atoms with van der Waals surface area (Å²) in [5, 5.41) is 23.7. The van der Waals surface area contributed by atoms with Crippen LogP contribution in [0.3, 0.4) is 0 Å². The Hall–Kier alpha value is -2.39. The predicted molar refractivity (Wildman–Crippen MR) is 130 cm³/mol. The number of aliphatic hydroxyl groups excluding tert-OH is 1. The van der Waals surface area contributed by atoms with Gasteiger partial charge in [-0.2, -0.15) is 0 Å². The van der Waals surface area contributed by atoms with E-state index in [-0.39, 0.29) is 41.1 Å². The first kappa shape index (κ1) is 26.2. The number of fused-ring (bicyclic) bond motifs is 1. The number of carboxylic acid groups (broad SMARTS) is 1. The van der Waals surface area contributed by atoms with Gasteiger partial charge in [-0.3, -0.25) is 4.79 Å². The molecule has 0 aliphatic carbocycles. The summed E-state index contributed by atoms with van der Waals surface area (Å²) in [6.45, 7) is 2.63. The number of nitrogens with one attached hydrogen (secondary N) is 1. The Morgan fingerprint density at radius 2 is 1.94 bits per heavy atom. The minimum absolute atomic E-state index is 0.0395. The lowest BCUT2D eigenvalue weighted by molar-refractivity contribution is -0.176. The number of halogens is 2. The lowest BCUT2D eigenvalue weighted by Crippen LogP contribution is -2.45. The second-order valence-corrected chi connectivity index (χ2v) is 9.24. The molecule has 3 rings (SSSR count). The van der Waals surface area contributed by atoms with E-state index in [9.17, 15) is 19.8 Å². The van der Waals surface area contributed by atoms with Gasteiger partial charge in [0.15, 0.2) is 0 Å². The number of hydrogen-bond donors (Lipinski definition) is 3. The summed E-state index contributed by atoms with van der Waals surface area (Å²) >= 11 is 12.2. The van der Waals surface area contributed by atoms with Crippen LogP contribution in [0.25, 0.3) is 0 Å². The SMILES string of the molecule is CC(CCc1ccc2c(n1)NCCC2)CN(OC(=O)c1c(Cl)cccc1Cl)[C@@H](CCO)C(=O)O. The van der Waals surface area contributed by atoms with Gasteiger partial charge in [-0.15, -0.1) is 5.06 Å². The maximum absolute atomic E-state index is 12.8. The van der Waals surface area contributed by atoms with Gasteiger partial charge in [0.25, 0.3) is 0 Å². The number of pyridine rings is 1. The van der Waals surface area contributed by atoms with Crippen molar-refractivity contribution in [2.24, 2.45) is 5.92 Å². The molecule has 0 amide bonds. The van der Waals surface area contributed by atoms with E-state index in [1.807, 2.05) is 13.0 Å². The Morgan fingerprint density at radius 1 is 1.21 bits per heavy atom. The van der Waals surface area contributed by atoms with Gasteiger partial charge in [-0.05, 0) is 61.8 Å². The highest BCUT2D eigenvalue weighted by Gasteiger charge is 2.31. The highest BCUT2D eigenvalue weighted by molar-refractivity contribution is 6.39. The zero-order chi connectivity index (χ0) is 24.7. The molecule has 1 aromatic carbocycles. The predicted octanol–water partition coefficient (Wildman–Crippen LogP) is 4.22. The topological polar surface area (TPSA) is 112 Å². The van der Waals surface area contributed by atoms with E-state index < -0.39 is 18.0 Å². The van der Waals surface area contributed by atoms with E-state index in [2.05, 4.69) is 11.4 Å². The lowest BCUT2D eigenvalue weighted by Gasteiger charge is -2.29. The van der Waals surface area contributed by atoms with Crippen LogP contribution in [0.5, 0.6) is 0 Å². The minimum Gasteiger partial charge on any atom is -0.480 e. The average Bonchev–Trinajstić information content (AvgIpc) is 2.80. The molecule has 1 aromatic heterocycles. The first-order valence-electron chi connectivity index (χ1n) is 11.3. The lowest BCUT2D eigenvalue weighted by atomic mass is 10.0. The number of hydrogen-bond acceptors (Lipinski definition) is 7.